The molecular weight excluding hydrogens is 362 g/mol. The van der Waals surface area contributed by atoms with E-state index in [2.05, 4.69) is 76.0 Å². The first-order valence-corrected chi connectivity index (χ1v) is 10.7. The van der Waals surface area contributed by atoms with Gasteiger partial charge in [-0.05, 0) is 42.4 Å². The summed E-state index contributed by atoms with van der Waals surface area (Å²) in [6.07, 6.45) is 7.96. The van der Waals surface area contributed by atoms with Gasteiger partial charge in [-0.25, -0.2) is 4.98 Å². The van der Waals surface area contributed by atoms with Gasteiger partial charge in [-0.3, -0.25) is 4.99 Å². The van der Waals surface area contributed by atoms with Crippen LogP contribution in [0.15, 0.2) is 48.0 Å². The van der Waals surface area contributed by atoms with Gasteiger partial charge in [-0.15, -0.1) is 0 Å². The van der Waals surface area contributed by atoms with Crippen molar-refractivity contribution in [2.24, 2.45) is 16.8 Å². The van der Waals surface area contributed by atoms with Crippen molar-refractivity contribution in [2.75, 3.05) is 33.3 Å². The van der Waals surface area contributed by atoms with Crippen molar-refractivity contribution >= 4 is 5.96 Å². The van der Waals surface area contributed by atoms with Gasteiger partial charge in [0, 0.05) is 39.1 Å². The van der Waals surface area contributed by atoms with Crippen molar-refractivity contribution in [2.45, 2.75) is 39.7 Å². The van der Waals surface area contributed by atoms with E-state index in [-0.39, 0.29) is 0 Å². The van der Waals surface area contributed by atoms with Gasteiger partial charge in [0.05, 0.1) is 19.0 Å². The fourth-order valence-electron chi connectivity index (χ4n) is 3.76. The molecule has 2 unspecified atom stereocenters. The van der Waals surface area contributed by atoms with Crippen LogP contribution in [-0.4, -0.2) is 53.7 Å². The molecular formula is C23H35N5O. The molecule has 1 aromatic carbocycles. The number of ether oxygens (including phenoxy) is 1. The van der Waals surface area contributed by atoms with Crippen LogP contribution in [0.4, 0.5) is 0 Å². The Morgan fingerprint density at radius 1 is 1.31 bits per heavy atom. The maximum Gasteiger partial charge on any atom is 0.193 e. The number of rotatable bonds is 7. The minimum atomic E-state index is 0.434. The number of benzene rings is 1. The summed E-state index contributed by atoms with van der Waals surface area (Å²) in [5.74, 6) is 3.10. The smallest absolute Gasteiger partial charge is 0.193 e. The molecule has 0 saturated carbocycles. The van der Waals surface area contributed by atoms with Crippen LogP contribution in [0.1, 0.15) is 38.8 Å². The summed E-state index contributed by atoms with van der Waals surface area (Å²) in [5.41, 5.74) is 1.30. The van der Waals surface area contributed by atoms with Gasteiger partial charge in [-0.2, -0.15) is 0 Å². The molecule has 0 amide bonds. The Kier molecular flexibility index (Phi) is 7.55. The van der Waals surface area contributed by atoms with Gasteiger partial charge in [0.25, 0.3) is 0 Å². The number of nitrogens with zero attached hydrogens (tertiary/aromatic N) is 4. The molecule has 2 aromatic rings. The Hall–Kier alpha value is -2.50. The van der Waals surface area contributed by atoms with Crippen LogP contribution in [0.2, 0.25) is 0 Å². The molecule has 1 aliphatic rings. The third-order valence-corrected chi connectivity index (χ3v) is 5.54. The third-order valence-electron chi connectivity index (χ3n) is 5.54. The van der Waals surface area contributed by atoms with Crippen LogP contribution in [0.5, 0.6) is 5.75 Å². The van der Waals surface area contributed by atoms with Gasteiger partial charge < -0.3 is 19.5 Å². The molecule has 0 aliphatic carbocycles. The number of guanidine groups is 1. The zero-order chi connectivity index (χ0) is 20.6. The third kappa shape index (κ3) is 5.99. The van der Waals surface area contributed by atoms with Gasteiger partial charge in [0.15, 0.2) is 5.96 Å². The fraction of sp³-hybridized carbons (Fsp3) is 0.565. The first-order valence-electron chi connectivity index (χ1n) is 10.7. The minimum absolute atomic E-state index is 0.434. The largest absolute Gasteiger partial charge is 0.493 e. The maximum atomic E-state index is 5.76. The number of hydrogen-bond donors (Lipinski definition) is 1. The lowest BCUT2D eigenvalue weighted by Gasteiger charge is -2.39. The average molecular weight is 398 g/mol. The van der Waals surface area contributed by atoms with Crippen molar-refractivity contribution < 1.29 is 4.74 Å². The number of imidazole rings is 1. The van der Waals surface area contributed by atoms with Gasteiger partial charge in [0.2, 0.25) is 0 Å². The van der Waals surface area contributed by atoms with Crippen LogP contribution in [-0.2, 0) is 6.42 Å². The van der Waals surface area contributed by atoms with Crippen LogP contribution in [0, 0.1) is 11.8 Å². The first-order chi connectivity index (χ1) is 14.1. The van der Waals surface area contributed by atoms with Crippen LogP contribution in [0.3, 0.4) is 0 Å². The second kappa shape index (κ2) is 10.3. The fourth-order valence-corrected chi connectivity index (χ4v) is 3.76. The lowest BCUT2D eigenvalue weighted by Crippen LogP contribution is -2.49. The molecule has 1 N–H and O–H groups in total. The Balaban J connectivity index is 1.49. The normalized spacial score (nSPS) is 20.2. The highest BCUT2D eigenvalue weighted by atomic mass is 16.5. The topological polar surface area (TPSA) is 54.7 Å². The van der Waals surface area contributed by atoms with E-state index in [9.17, 15) is 0 Å². The molecule has 2 atom stereocenters. The SMILES string of the molecule is CN=C(NCCc1ccc(OCC(C)C)cc1)N1CCC(C)C(n2ccnc2)C1. The molecule has 1 fully saturated rings. The van der Waals surface area contributed by atoms with E-state index < -0.39 is 0 Å². The average Bonchev–Trinajstić information content (AvgIpc) is 3.26. The molecule has 6 nitrogen and oxygen atoms in total. The van der Waals surface area contributed by atoms with E-state index in [0.717, 1.165) is 50.8 Å². The van der Waals surface area contributed by atoms with Crippen LogP contribution < -0.4 is 10.1 Å². The number of nitrogens with one attached hydrogen (secondary N) is 1. The highest BCUT2D eigenvalue weighted by Gasteiger charge is 2.28. The molecule has 6 heteroatoms. The molecule has 0 spiro atoms. The molecule has 1 aliphatic heterocycles. The Morgan fingerprint density at radius 2 is 2.10 bits per heavy atom. The zero-order valence-electron chi connectivity index (χ0n) is 18.2. The predicted octanol–water partition coefficient (Wildman–Crippen LogP) is 3.62. The molecule has 3 rings (SSSR count). The number of likely N-dealkylation sites (tertiary alicyclic amines) is 1. The second-order valence-corrected chi connectivity index (χ2v) is 8.36. The van der Waals surface area contributed by atoms with E-state index >= 15 is 0 Å². The molecule has 158 valence electrons. The van der Waals surface area contributed by atoms with Crippen molar-refractivity contribution in [3.8, 4) is 5.75 Å². The summed E-state index contributed by atoms with van der Waals surface area (Å²) < 4.78 is 7.99. The molecule has 1 saturated heterocycles. The van der Waals surface area contributed by atoms with Gasteiger partial charge in [-0.1, -0.05) is 32.9 Å². The number of aromatic nitrogens is 2. The molecule has 2 heterocycles. The second-order valence-electron chi connectivity index (χ2n) is 8.36. The summed E-state index contributed by atoms with van der Waals surface area (Å²) in [7, 11) is 1.87. The van der Waals surface area contributed by atoms with Crippen LogP contribution in [0.25, 0.3) is 0 Å². The Morgan fingerprint density at radius 3 is 2.76 bits per heavy atom. The zero-order valence-corrected chi connectivity index (χ0v) is 18.2. The molecule has 1 aromatic heterocycles. The summed E-state index contributed by atoms with van der Waals surface area (Å²) in [6, 6.07) is 8.86. The molecule has 0 radical (unpaired) electrons. The van der Waals surface area contributed by atoms with E-state index in [1.165, 1.54) is 5.56 Å². The van der Waals surface area contributed by atoms with Crippen LogP contribution >= 0.6 is 0 Å². The van der Waals surface area contributed by atoms with Gasteiger partial charge in [0.1, 0.15) is 5.75 Å². The number of hydrogen-bond acceptors (Lipinski definition) is 3. The highest BCUT2D eigenvalue weighted by molar-refractivity contribution is 5.80. The number of piperidine rings is 1. The van der Waals surface area contributed by atoms with Crippen molar-refractivity contribution in [3.05, 3.63) is 48.5 Å². The monoisotopic (exact) mass is 397 g/mol. The van der Waals surface area contributed by atoms with E-state index in [0.29, 0.717) is 17.9 Å². The van der Waals surface area contributed by atoms with Crippen molar-refractivity contribution in [1.29, 1.82) is 0 Å². The van der Waals surface area contributed by atoms with Crippen molar-refractivity contribution in [1.82, 2.24) is 19.8 Å². The minimum Gasteiger partial charge on any atom is -0.493 e. The molecule has 29 heavy (non-hydrogen) atoms. The summed E-state index contributed by atoms with van der Waals surface area (Å²) in [6.45, 7) is 10.3. The van der Waals surface area contributed by atoms with E-state index in [4.69, 9.17) is 4.74 Å². The number of aliphatic imine (C=N–C) groups is 1. The summed E-state index contributed by atoms with van der Waals surface area (Å²) in [5, 5.41) is 3.54. The predicted molar refractivity (Wildman–Crippen MR) is 118 cm³/mol. The maximum absolute atomic E-state index is 5.76. The Bertz CT molecular complexity index is 754. The van der Waals surface area contributed by atoms with Crippen molar-refractivity contribution in [3.63, 3.8) is 0 Å². The van der Waals surface area contributed by atoms with E-state index in [1.807, 2.05) is 19.6 Å². The van der Waals surface area contributed by atoms with E-state index in [1.54, 1.807) is 0 Å². The first kappa shape index (κ1) is 21.2. The van der Waals surface area contributed by atoms with Gasteiger partial charge >= 0.3 is 0 Å². The lowest BCUT2D eigenvalue weighted by molar-refractivity contribution is 0.189. The quantitative estimate of drug-likeness (QED) is 0.573. The highest BCUT2D eigenvalue weighted by Crippen LogP contribution is 2.27. The lowest BCUT2D eigenvalue weighted by atomic mass is 9.93. The summed E-state index contributed by atoms with van der Waals surface area (Å²) >= 11 is 0. The standard InChI is InChI=1S/C23H35N5O/c1-18(2)16-29-21-7-5-20(6-8-21)9-11-26-23(24-4)27-13-10-19(3)22(15-27)28-14-12-25-17-28/h5-8,12,14,17-19,22H,9-11,13,15-16H2,1-4H3,(H,24,26). The Labute approximate surface area is 175 Å². The summed E-state index contributed by atoms with van der Waals surface area (Å²) in [4.78, 5) is 11.1. The molecule has 0 bridgehead atoms.